The summed E-state index contributed by atoms with van der Waals surface area (Å²) in [5.41, 5.74) is 0. The van der Waals surface area contributed by atoms with Crippen LogP contribution in [-0.2, 0) is 4.79 Å². The van der Waals surface area contributed by atoms with Gasteiger partial charge >= 0.3 is 23.8 Å². The van der Waals surface area contributed by atoms with Crippen molar-refractivity contribution in [3.63, 3.8) is 0 Å². The van der Waals surface area contributed by atoms with Gasteiger partial charge in [0.2, 0.25) is 0 Å². The molecular weight excluding hydrogens is 260 g/mol. The number of nitrogens with one attached hydrogen (secondary N) is 1. The third kappa shape index (κ3) is 3.23. The standard InChI is InChI=1S/C9H12F4N2O3/c10-8(11)4-15(5-9(8,12)13)7(18)14-3-1-2-6(16)17/h1-5H2,(H,14,18)(H,16,17). The second-order valence-electron chi connectivity index (χ2n) is 3.99. The van der Waals surface area contributed by atoms with E-state index in [1.807, 2.05) is 0 Å². The summed E-state index contributed by atoms with van der Waals surface area (Å²) in [5.74, 6) is -9.53. The van der Waals surface area contributed by atoms with Crippen LogP contribution in [0.25, 0.3) is 0 Å². The van der Waals surface area contributed by atoms with Crippen molar-refractivity contribution >= 4 is 12.0 Å². The summed E-state index contributed by atoms with van der Waals surface area (Å²) in [6, 6.07) is -1.04. The predicted octanol–water partition coefficient (Wildman–Crippen LogP) is 1.15. The van der Waals surface area contributed by atoms with E-state index in [9.17, 15) is 27.2 Å². The van der Waals surface area contributed by atoms with Gasteiger partial charge in [0.05, 0.1) is 13.1 Å². The lowest BCUT2D eigenvalue weighted by atomic mass is 10.2. The van der Waals surface area contributed by atoms with E-state index in [4.69, 9.17) is 5.11 Å². The summed E-state index contributed by atoms with van der Waals surface area (Å²) >= 11 is 0. The van der Waals surface area contributed by atoms with Crippen molar-refractivity contribution < 1.29 is 32.3 Å². The minimum absolute atomic E-state index is 0.0707. The Hall–Kier alpha value is -1.54. The summed E-state index contributed by atoms with van der Waals surface area (Å²) in [7, 11) is 0. The molecule has 0 unspecified atom stereocenters. The molecule has 0 aromatic carbocycles. The number of hydrogen-bond donors (Lipinski definition) is 2. The molecule has 0 spiro atoms. The monoisotopic (exact) mass is 272 g/mol. The van der Waals surface area contributed by atoms with E-state index in [1.54, 1.807) is 0 Å². The number of halogens is 4. The third-order valence-electron chi connectivity index (χ3n) is 2.44. The fraction of sp³-hybridized carbons (Fsp3) is 0.778. The zero-order valence-corrected chi connectivity index (χ0v) is 9.26. The van der Waals surface area contributed by atoms with Gasteiger partial charge in [0, 0.05) is 13.0 Å². The number of aliphatic carboxylic acids is 1. The number of urea groups is 1. The molecule has 1 fully saturated rings. The lowest BCUT2D eigenvalue weighted by molar-refractivity contribution is -0.172. The second kappa shape index (κ2) is 4.99. The van der Waals surface area contributed by atoms with Crippen molar-refractivity contribution in [2.24, 2.45) is 0 Å². The molecule has 1 rings (SSSR count). The minimum atomic E-state index is -4.23. The normalized spacial score (nSPS) is 20.8. The van der Waals surface area contributed by atoms with Crippen molar-refractivity contribution in [2.45, 2.75) is 24.7 Å². The van der Waals surface area contributed by atoms with Crippen LogP contribution >= 0.6 is 0 Å². The molecule has 0 aromatic rings. The molecule has 0 bridgehead atoms. The number of carbonyl (C=O) groups excluding carboxylic acids is 1. The van der Waals surface area contributed by atoms with Crippen LogP contribution in [-0.4, -0.2) is 53.5 Å². The molecule has 0 atom stereocenters. The molecule has 1 saturated heterocycles. The maximum absolute atomic E-state index is 12.8. The van der Waals surface area contributed by atoms with Crippen LogP contribution in [0.3, 0.4) is 0 Å². The first-order valence-electron chi connectivity index (χ1n) is 5.16. The average molecular weight is 272 g/mol. The zero-order chi connectivity index (χ0) is 14.0. The van der Waals surface area contributed by atoms with Gasteiger partial charge in [-0.1, -0.05) is 0 Å². The summed E-state index contributed by atoms with van der Waals surface area (Å²) < 4.78 is 51.1. The van der Waals surface area contributed by atoms with Crippen LogP contribution < -0.4 is 5.32 Å². The predicted molar refractivity (Wildman–Crippen MR) is 51.7 cm³/mol. The van der Waals surface area contributed by atoms with Gasteiger partial charge in [-0.15, -0.1) is 0 Å². The van der Waals surface area contributed by atoms with Gasteiger partial charge in [0.15, 0.2) is 0 Å². The molecule has 18 heavy (non-hydrogen) atoms. The fourth-order valence-electron chi connectivity index (χ4n) is 1.46. The van der Waals surface area contributed by atoms with Crippen LogP contribution in [0.4, 0.5) is 22.4 Å². The van der Waals surface area contributed by atoms with Crippen molar-refractivity contribution in [1.82, 2.24) is 10.2 Å². The third-order valence-corrected chi connectivity index (χ3v) is 2.44. The smallest absolute Gasteiger partial charge is 0.329 e. The highest BCUT2D eigenvalue weighted by atomic mass is 19.3. The second-order valence-corrected chi connectivity index (χ2v) is 3.99. The van der Waals surface area contributed by atoms with Crippen LogP contribution in [0.15, 0.2) is 0 Å². The van der Waals surface area contributed by atoms with Crippen LogP contribution in [0.1, 0.15) is 12.8 Å². The number of carbonyl (C=O) groups is 2. The Balaban J connectivity index is 2.39. The van der Waals surface area contributed by atoms with Gasteiger partial charge in [0.25, 0.3) is 0 Å². The first-order chi connectivity index (χ1) is 8.16. The molecule has 104 valence electrons. The van der Waals surface area contributed by atoms with Gasteiger partial charge < -0.3 is 15.3 Å². The summed E-state index contributed by atoms with van der Waals surface area (Å²) in [5, 5.41) is 10.4. The lowest BCUT2D eigenvalue weighted by Crippen LogP contribution is -2.40. The summed E-state index contributed by atoms with van der Waals surface area (Å²) in [6.45, 7) is -2.76. The molecule has 0 aliphatic carbocycles. The van der Waals surface area contributed by atoms with E-state index in [0.717, 1.165) is 0 Å². The number of carboxylic acid groups (broad SMARTS) is 1. The highest BCUT2D eigenvalue weighted by molar-refractivity contribution is 5.75. The Labute approximate surface area is 99.7 Å². The molecule has 2 N–H and O–H groups in total. The van der Waals surface area contributed by atoms with Crippen molar-refractivity contribution in [3.05, 3.63) is 0 Å². The minimum Gasteiger partial charge on any atom is -0.481 e. The van der Waals surface area contributed by atoms with Gasteiger partial charge in [-0.2, -0.15) is 17.6 Å². The number of rotatable bonds is 4. The number of nitrogens with zero attached hydrogens (tertiary/aromatic N) is 1. The van der Waals surface area contributed by atoms with E-state index in [-0.39, 0.29) is 19.4 Å². The molecular formula is C9H12F4N2O3. The number of amides is 2. The van der Waals surface area contributed by atoms with Crippen LogP contribution in [0, 0.1) is 0 Å². The SMILES string of the molecule is O=C(O)CCCNC(=O)N1CC(F)(F)C(F)(F)C1. The van der Waals surface area contributed by atoms with Gasteiger partial charge in [-0.25, -0.2) is 4.79 Å². The molecule has 0 aromatic heterocycles. The topological polar surface area (TPSA) is 69.6 Å². The Morgan fingerprint density at radius 1 is 1.17 bits per heavy atom. The molecule has 0 saturated carbocycles. The Morgan fingerprint density at radius 2 is 1.67 bits per heavy atom. The molecule has 2 amide bonds. The fourth-order valence-corrected chi connectivity index (χ4v) is 1.46. The highest BCUT2D eigenvalue weighted by Crippen LogP contribution is 2.40. The van der Waals surface area contributed by atoms with E-state index >= 15 is 0 Å². The molecule has 1 heterocycles. The quantitative estimate of drug-likeness (QED) is 0.595. The molecule has 5 nitrogen and oxygen atoms in total. The maximum Gasteiger partial charge on any atom is 0.329 e. The molecule has 1 aliphatic heterocycles. The molecule has 1 aliphatic rings. The zero-order valence-electron chi connectivity index (χ0n) is 9.26. The number of likely N-dealkylation sites (tertiary alicyclic amines) is 1. The summed E-state index contributed by atoms with van der Waals surface area (Å²) in [4.78, 5) is 21.7. The van der Waals surface area contributed by atoms with E-state index in [0.29, 0.717) is 4.90 Å². The number of carboxylic acids is 1. The van der Waals surface area contributed by atoms with E-state index in [2.05, 4.69) is 5.32 Å². The highest BCUT2D eigenvalue weighted by Gasteiger charge is 2.63. The molecule has 9 heteroatoms. The van der Waals surface area contributed by atoms with Crippen molar-refractivity contribution in [2.75, 3.05) is 19.6 Å². The summed E-state index contributed by atoms with van der Waals surface area (Å²) in [6.07, 6.45) is -0.103. The Kier molecular flexibility index (Phi) is 4.02. The van der Waals surface area contributed by atoms with E-state index < -0.39 is 36.9 Å². The van der Waals surface area contributed by atoms with Crippen LogP contribution in [0.2, 0.25) is 0 Å². The number of alkyl halides is 4. The Morgan fingerprint density at radius 3 is 2.11 bits per heavy atom. The van der Waals surface area contributed by atoms with E-state index in [1.165, 1.54) is 0 Å². The van der Waals surface area contributed by atoms with Gasteiger partial charge in [-0.3, -0.25) is 4.79 Å². The molecule has 0 radical (unpaired) electrons. The lowest BCUT2D eigenvalue weighted by Gasteiger charge is -2.15. The van der Waals surface area contributed by atoms with Crippen molar-refractivity contribution in [3.8, 4) is 0 Å². The van der Waals surface area contributed by atoms with Crippen molar-refractivity contribution in [1.29, 1.82) is 0 Å². The average Bonchev–Trinajstić information content (AvgIpc) is 2.42. The Bertz CT molecular complexity index is 333. The first-order valence-corrected chi connectivity index (χ1v) is 5.16. The maximum atomic E-state index is 12.8. The van der Waals surface area contributed by atoms with Crippen LogP contribution in [0.5, 0.6) is 0 Å². The van der Waals surface area contributed by atoms with Gasteiger partial charge in [0.1, 0.15) is 0 Å². The number of hydrogen-bond acceptors (Lipinski definition) is 2. The largest absolute Gasteiger partial charge is 0.481 e. The first kappa shape index (κ1) is 14.5. The van der Waals surface area contributed by atoms with Gasteiger partial charge in [-0.05, 0) is 6.42 Å².